The number of aromatic nitrogens is 2. The fourth-order valence-corrected chi connectivity index (χ4v) is 6.28. The topological polar surface area (TPSA) is 64.4 Å². The van der Waals surface area contributed by atoms with Gasteiger partial charge in [0.2, 0.25) is 0 Å². The van der Waals surface area contributed by atoms with Gasteiger partial charge in [0.15, 0.2) is 10.9 Å². The van der Waals surface area contributed by atoms with Crippen molar-refractivity contribution in [3.8, 4) is 5.75 Å². The van der Waals surface area contributed by atoms with Crippen LogP contribution in [-0.4, -0.2) is 53.7 Å². The smallest absolute Gasteiger partial charge is 0.263 e. The third-order valence-electron chi connectivity index (χ3n) is 5.77. The molecule has 0 fully saturated rings. The predicted molar refractivity (Wildman–Crippen MR) is 132 cm³/mol. The highest BCUT2D eigenvalue weighted by Crippen LogP contribution is 2.34. The third kappa shape index (κ3) is 4.92. The Labute approximate surface area is 196 Å². The average molecular weight is 472 g/mol. The van der Waals surface area contributed by atoms with Gasteiger partial charge in [-0.25, -0.2) is 4.98 Å². The molecular formula is C24H29N3O3S2. The van der Waals surface area contributed by atoms with Crippen molar-refractivity contribution >= 4 is 39.1 Å². The second-order valence-electron chi connectivity index (χ2n) is 8.34. The lowest BCUT2D eigenvalue weighted by Gasteiger charge is -2.15. The summed E-state index contributed by atoms with van der Waals surface area (Å²) in [6, 6.07) is 7.12. The van der Waals surface area contributed by atoms with Crippen LogP contribution in [0.3, 0.4) is 0 Å². The molecule has 1 aromatic carbocycles. The highest BCUT2D eigenvalue weighted by atomic mass is 32.2. The van der Waals surface area contributed by atoms with Gasteiger partial charge in [-0.2, -0.15) is 0 Å². The number of hydrogen-bond donors (Lipinski definition) is 0. The molecule has 8 heteroatoms. The van der Waals surface area contributed by atoms with Gasteiger partial charge in [-0.3, -0.25) is 14.2 Å². The molecule has 0 bridgehead atoms. The second-order valence-corrected chi connectivity index (χ2v) is 10.4. The van der Waals surface area contributed by atoms with Crippen molar-refractivity contribution in [2.75, 3.05) is 33.5 Å². The first kappa shape index (κ1) is 23.0. The number of methoxy groups -OCH3 is 1. The van der Waals surface area contributed by atoms with E-state index in [9.17, 15) is 9.59 Å². The van der Waals surface area contributed by atoms with E-state index in [4.69, 9.17) is 9.72 Å². The molecule has 6 nitrogen and oxygen atoms in total. The Morgan fingerprint density at radius 1 is 1.22 bits per heavy atom. The summed E-state index contributed by atoms with van der Waals surface area (Å²) in [5.74, 6) is 0.971. The molecule has 2 heterocycles. The largest absolute Gasteiger partial charge is 0.497 e. The number of ketones is 1. The quantitative estimate of drug-likeness (QED) is 0.264. The summed E-state index contributed by atoms with van der Waals surface area (Å²) in [4.78, 5) is 35.4. The summed E-state index contributed by atoms with van der Waals surface area (Å²) < 4.78 is 6.96. The first-order valence-corrected chi connectivity index (χ1v) is 12.8. The van der Waals surface area contributed by atoms with Gasteiger partial charge in [0, 0.05) is 17.0 Å². The van der Waals surface area contributed by atoms with Gasteiger partial charge in [0.25, 0.3) is 5.56 Å². The van der Waals surface area contributed by atoms with Crippen molar-refractivity contribution in [2.24, 2.45) is 0 Å². The summed E-state index contributed by atoms with van der Waals surface area (Å²) in [5.41, 5.74) is 1.89. The van der Waals surface area contributed by atoms with Crippen molar-refractivity contribution in [3.05, 3.63) is 50.6 Å². The fraction of sp³-hybridized carbons (Fsp3) is 0.458. The molecule has 170 valence electrons. The van der Waals surface area contributed by atoms with Crippen LogP contribution in [0.2, 0.25) is 0 Å². The Kier molecular flexibility index (Phi) is 7.33. The molecule has 1 aliphatic carbocycles. The number of ether oxygens (including phenoxy) is 1. The zero-order chi connectivity index (χ0) is 22.7. The number of benzene rings is 1. The van der Waals surface area contributed by atoms with E-state index in [0.717, 1.165) is 48.2 Å². The van der Waals surface area contributed by atoms with Crippen molar-refractivity contribution in [2.45, 2.75) is 43.8 Å². The van der Waals surface area contributed by atoms with E-state index >= 15 is 0 Å². The maximum atomic E-state index is 13.5. The van der Waals surface area contributed by atoms with Crippen LogP contribution in [0.4, 0.5) is 0 Å². The number of rotatable bonds is 9. The molecule has 2 aromatic heterocycles. The summed E-state index contributed by atoms with van der Waals surface area (Å²) in [7, 11) is 5.66. The molecular weight excluding hydrogens is 442 g/mol. The summed E-state index contributed by atoms with van der Waals surface area (Å²) in [6.45, 7) is 1.49. The lowest BCUT2D eigenvalue weighted by atomic mass is 9.97. The minimum atomic E-state index is 0.0114. The molecule has 0 atom stereocenters. The molecule has 0 radical (unpaired) electrons. The number of carbonyl (C=O) groups is 1. The number of Topliss-reactive ketones (excluding diaryl/α,β-unsaturated/α-hetero) is 1. The van der Waals surface area contributed by atoms with Crippen LogP contribution in [0.15, 0.2) is 34.2 Å². The van der Waals surface area contributed by atoms with Gasteiger partial charge >= 0.3 is 0 Å². The molecule has 0 N–H and O–H groups in total. The third-order valence-corrected chi connectivity index (χ3v) is 7.93. The van der Waals surface area contributed by atoms with Crippen molar-refractivity contribution < 1.29 is 9.53 Å². The van der Waals surface area contributed by atoms with Crippen LogP contribution in [0.5, 0.6) is 5.75 Å². The summed E-state index contributed by atoms with van der Waals surface area (Å²) in [6.07, 6.45) is 5.16. The molecule has 0 aliphatic heterocycles. The molecule has 0 saturated carbocycles. The van der Waals surface area contributed by atoms with Gasteiger partial charge in [0.05, 0.1) is 18.2 Å². The zero-order valence-corrected chi connectivity index (χ0v) is 20.5. The van der Waals surface area contributed by atoms with Gasteiger partial charge in [-0.05, 0) is 82.6 Å². The number of fused-ring (bicyclic) bond motifs is 3. The number of hydrogen-bond acceptors (Lipinski definition) is 7. The average Bonchev–Trinajstić information content (AvgIpc) is 3.17. The fourth-order valence-electron chi connectivity index (χ4n) is 4.06. The van der Waals surface area contributed by atoms with E-state index in [0.29, 0.717) is 17.3 Å². The molecule has 32 heavy (non-hydrogen) atoms. The summed E-state index contributed by atoms with van der Waals surface area (Å²) >= 11 is 3.01. The van der Waals surface area contributed by atoms with E-state index in [1.54, 1.807) is 47.3 Å². The van der Waals surface area contributed by atoms with Crippen LogP contribution >= 0.6 is 23.1 Å². The first-order chi connectivity index (χ1) is 15.5. The maximum absolute atomic E-state index is 13.5. The number of aryl methyl sites for hydroxylation is 2. The molecule has 0 unspecified atom stereocenters. The van der Waals surface area contributed by atoms with Crippen LogP contribution in [0, 0.1) is 0 Å². The number of thiophene rings is 1. The van der Waals surface area contributed by atoms with Crippen LogP contribution < -0.4 is 10.3 Å². The lowest BCUT2D eigenvalue weighted by molar-refractivity contribution is 0.102. The first-order valence-electron chi connectivity index (χ1n) is 11.0. The van der Waals surface area contributed by atoms with E-state index < -0.39 is 0 Å². The van der Waals surface area contributed by atoms with Crippen LogP contribution in [0.25, 0.3) is 10.2 Å². The highest BCUT2D eigenvalue weighted by Gasteiger charge is 2.22. The number of nitrogens with zero attached hydrogens (tertiary/aromatic N) is 3. The second kappa shape index (κ2) is 10.2. The Morgan fingerprint density at radius 3 is 2.69 bits per heavy atom. The molecule has 1 aliphatic rings. The SMILES string of the molecule is COc1ccc(C(=O)CSc2nc3sc4c(c3c(=O)n2CCCN(C)C)CCCC4)cc1. The lowest BCUT2D eigenvalue weighted by Crippen LogP contribution is -2.26. The maximum Gasteiger partial charge on any atom is 0.263 e. The van der Waals surface area contributed by atoms with E-state index in [1.807, 2.05) is 14.1 Å². The van der Waals surface area contributed by atoms with Crippen LogP contribution in [0.1, 0.15) is 40.1 Å². The zero-order valence-electron chi connectivity index (χ0n) is 18.8. The van der Waals surface area contributed by atoms with E-state index in [-0.39, 0.29) is 17.1 Å². The predicted octanol–water partition coefficient (Wildman–Crippen LogP) is 4.27. The minimum Gasteiger partial charge on any atom is -0.497 e. The van der Waals surface area contributed by atoms with Gasteiger partial charge in [-0.1, -0.05) is 11.8 Å². The Morgan fingerprint density at radius 2 is 1.97 bits per heavy atom. The molecule has 4 rings (SSSR count). The minimum absolute atomic E-state index is 0.0114. The number of carbonyl (C=O) groups excluding carboxylic acids is 1. The molecule has 3 aromatic rings. The van der Waals surface area contributed by atoms with E-state index in [2.05, 4.69) is 4.90 Å². The normalized spacial score (nSPS) is 13.5. The van der Waals surface area contributed by atoms with E-state index in [1.165, 1.54) is 28.6 Å². The van der Waals surface area contributed by atoms with Gasteiger partial charge < -0.3 is 9.64 Å². The van der Waals surface area contributed by atoms with Gasteiger partial charge in [0.1, 0.15) is 10.6 Å². The Hall–Kier alpha value is -2.16. The van der Waals surface area contributed by atoms with Crippen molar-refractivity contribution in [1.82, 2.24) is 14.5 Å². The molecule has 0 amide bonds. The Bertz CT molecular complexity index is 1170. The molecule has 0 saturated heterocycles. The van der Waals surface area contributed by atoms with Crippen molar-refractivity contribution in [1.29, 1.82) is 0 Å². The molecule has 0 spiro atoms. The van der Waals surface area contributed by atoms with Crippen molar-refractivity contribution in [3.63, 3.8) is 0 Å². The Balaban J connectivity index is 1.63. The van der Waals surface area contributed by atoms with Gasteiger partial charge in [-0.15, -0.1) is 11.3 Å². The standard InChI is InChI=1S/C24H29N3O3S2/c1-26(2)13-6-14-27-23(29)21-18-7-4-5-8-20(18)32-22(21)25-24(27)31-15-19(28)16-9-11-17(30-3)12-10-16/h9-12H,4-8,13-15H2,1-3H3. The highest BCUT2D eigenvalue weighted by molar-refractivity contribution is 7.99. The van der Waals surface area contributed by atoms with Crippen LogP contribution in [-0.2, 0) is 19.4 Å². The monoisotopic (exact) mass is 471 g/mol. The number of thioether (sulfide) groups is 1. The summed E-state index contributed by atoms with van der Waals surface area (Å²) in [5, 5.41) is 1.45.